The first-order chi connectivity index (χ1) is 9.70. The Hall–Kier alpha value is -1.97. The number of furan rings is 1. The topological polar surface area (TPSA) is 51.5 Å². The zero-order valence-corrected chi connectivity index (χ0v) is 12.1. The molecule has 20 heavy (non-hydrogen) atoms. The van der Waals surface area contributed by atoms with E-state index in [1.165, 1.54) is 6.92 Å². The number of benzene rings is 1. The fraction of sp³-hybridized carbons (Fsp3) is 0.438. The quantitative estimate of drug-likeness (QED) is 0.789. The van der Waals surface area contributed by atoms with Gasteiger partial charge in [-0.2, -0.15) is 0 Å². The normalized spacial score (nSPS) is 10.7. The van der Waals surface area contributed by atoms with E-state index in [-0.39, 0.29) is 5.91 Å². The minimum Gasteiger partial charge on any atom is -0.494 e. The Morgan fingerprint density at radius 2 is 2.25 bits per heavy atom. The molecule has 2 rings (SSSR count). The number of hydrogen-bond donors (Lipinski definition) is 1. The van der Waals surface area contributed by atoms with E-state index in [2.05, 4.69) is 12.2 Å². The van der Waals surface area contributed by atoms with Gasteiger partial charge in [0.1, 0.15) is 11.3 Å². The minimum absolute atomic E-state index is 0.0126. The molecule has 0 aliphatic carbocycles. The van der Waals surface area contributed by atoms with Crippen LogP contribution in [0.5, 0.6) is 5.75 Å². The summed E-state index contributed by atoms with van der Waals surface area (Å²) in [7, 11) is 0. The number of amides is 1. The molecule has 0 saturated carbocycles. The Morgan fingerprint density at radius 3 is 3.00 bits per heavy atom. The van der Waals surface area contributed by atoms with Gasteiger partial charge in [-0.1, -0.05) is 13.3 Å². The molecule has 0 aliphatic heterocycles. The van der Waals surface area contributed by atoms with Crippen LogP contribution in [0.3, 0.4) is 0 Å². The van der Waals surface area contributed by atoms with Gasteiger partial charge >= 0.3 is 0 Å². The van der Waals surface area contributed by atoms with Crippen molar-refractivity contribution in [1.29, 1.82) is 0 Å². The lowest BCUT2D eigenvalue weighted by atomic mass is 10.1. The van der Waals surface area contributed by atoms with Crippen LogP contribution in [0, 0.1) is 0 Å². The summed E-state index contributed by atoms with van der Waals surface area (Å²) >= 11 is 0. The molecule has 4 heteroatoms. The van der Waals surface area contributed by atoms with E-state index >= 15 is 0 Å². The molecule has 0 fully saturated rings. The van der Waals surface area contributed by atoms with Crippen molar-refractivity contribution in [2.75, 3.05) is 13.2 Å². The van der Waals surface area contributed by atoms with Crippen molar-refractivity contribution in [2.24, 2.45) is 0 Å². The highest BCUT2D eigenvalue weighted by Crippen LogP contribution is 2.26. The van der Waals surface area contributed by atoms with E-state index in [0.717, 1.165) is 48.2 Å². The Balaban J connectivity index is 2.06. The molecule has 0 radical (unpaired) electrons. The zero-order valence-electron chi connectivity index (χ0n) is 12.1. The summed E-state index contributed by atoms with van der Waals surface area (Å²) in [6.07, 6.45) is 4.68. The number of rotatable bonds is 7. The van der Waals surface area contributed by atoms with Gasteiger partial charge in [0.25, 0.3) is 0 Å². The number of carbonyl (C=O) groups excluding carboxylic acids is 1. The SMILES string of the molecule is CCCCOc1ccc2occ(CCNC(C)=O)c2c1. The average Bonchev–Trinajstić information content (AvgIpc) is 2.82. The van der Waals surface area contributed by atoms with Gasteiger partial charge < -0.3 is 14.5 Å². The molecule has 0 bridgehead atoms. The van der Waals surface area contributed by atoms with Crippen molar-refractivity contribution in [3.8, 4) is 5.75 Å². The third kappa shape index (κ3) is 3.76. The molecule has 4 nitrogen and oxygen atoms in total. The zero-order chi connectivity index (χ0) is 14.4. The molecule has 0 saturated heterocycles. The van der Waals surface area contributed by atoms with Crippen LogP contribution in [0.4, 0.5) is 0 Å². The van der Waals surface area contributed by atoms with Gasteiger partial charge in [-0.05, 0) is 31.0 Å². The molecule has 0 atom stereocenters. The van der Waals surface area contributed by atoms with E-state index in [1.807, 2.05) is 18.2 Å². The highest BCUT2D eigenvalue weighted by Gasteiger charge is 2.07. The molecule has 1 amide bonds. The van der Waals surface area contributed by atoms with Gasteiger partial charge in [0, 0.05) is 24.4 Å². The molecule has 0 spiro atoms. The van der Waals surface area contributed by atoms with Crippen molar-refractivity contribution >= 4 is 16.9 Å². The fourth-order valence-corrected chi connectivity index (χ4v) is 2.05. The third-order valence-corrected chi connectivity index (χ3v) is 3.16. The lowest BCUT2D eigenvalue weighted by Gasteiger charge is -2.05. The summed E-state index contributed by atoms with van der Waals surface area (Å²) in [5.74, 6) is 0.856. The molecule has 1 N–H and O–H groups in total. The second-order valence-electron chi connectivity index (χ2n) is 4.85. The standard InChI is InChI=1S/C16H21NO3/c1-3-4-9-19-14-5-6-16-15(10-14)13(11-20-16)7-8-17-12(2)18/h5-6,10-11H,3-4,7-9H2,1-2H3,(H,17,18). The van der Waals surface area contributed by atoms with Crippen molar-refractivity contribution in [3.63, 3.8) is 0 Å². The molecule has 0 unspecified atom stereocenters. The summed E-state index contributed by atoms with van der Waals surface area (Å²) in [5.41, 5.74) is 1.94. The van der Waals surface area contributed by atoms with E-state index in [4.69, 9.17) is 9.15 Å². The molecular formula is C16H21NO3. The molecule has 1 aromatic carbocycles. The van der Waals surface area contributed by atoms with Crippen LogP contribution in [-0.2, 0) is 11.2 Å². The smallest absolute Gasteiger partial charge is 0.216 e. The maximum absolute atomic E-state index is 10.9. The number of nitrogens with one attached hydrogen (secondary N) is 1. The monoisotopic (exact) mass is 275 g/mol. The van der Waals surface area contributed by atoms with Crippen LogP contribution in [0.25, 0.3) is 11.0 Å². The van der Waals surface area contributed by atoms with Crippen LogP contribution in [0.1, 0.15) is 32.3 Å². The van der Waals surface area contributed by atoms with Crippen molar-refractivity contribution in [3.05, 3.63) is 30.0 Å². The van der Waals surface area contributed by atoms with Crippen LogP contribution in [-0.4, -0.2) is 19.1 Å². The second kappa shape index (κ2) is 6.98. The Kier molecular flexibility index (Phi) is 5.04. The number of fused-ring (bicyclic) bond motifs is 1. The highest BCUT2D eigenvalue weighted by atomic mass is 16.5. The summed E-state index contributed by atoms with van der Waals surface area (Å²) in [6.45, 7) is 5.02. The minimum atomic E-state index is -0.0126. The van der Waals surface area contributed by atoms with E-state index in [1.54, 1.807) is 6.26 Å². The predicted molar refractivity (Wildman–Crippen MR) is 79.0 cm³/mol. The van der Waals surface area contributed by atoms with Crippen LogP contribution in [0.15, 0.2) is 28.9 Å². The van der Waals surface area contributed by atoms with Crippen molar-refractivity contribution < 1.29 is 13.9 Å². The summed E-state index contributed by atoms with van der Waals surface area (Å²) in [6, 6.07) is 5.87. The second-order valence-corrected chi connectivity index (χ2v) is 4.85. The lowest BCUT2D eigenvalue weighted by molar-refractivity contribution is -0.118. The Labute approximate surface area is 119 Å². The predicted octanol–water partition coefficient (Wildman–Crippen LogP) is 3.29. The first kappa shape index (κ1) is 14.4. The number of carbonyl (C=O) groups is 1. The van der Waals surface area contributed by atoms with Gasteiger partial charge in [-0.3, -0.25) is 4.79 Å². The number of ether oxygens (including phenoxy) is 1. The van der Waals surface area contributed by atoms with Gasteiger partial charge in [-0.15, -0.1) is 0 Å². The van der Waals surface area contributed by atoms with Gasteiger partial charge in [0.2, 0.25) is 5.91 Å². The van der Waals surface area contributed by atoms with E-state index < -0.39 is 0 Å². The Morgan fingerprint density at radius 1 is 1.40 bits per heavy atom. The number of hydrogen-bond acceptors (Lipinski definition) is 3. The van der Waals surface area contributed by atoms with Crippen LogP contribution in [0.2, 0.25) is 0 Å². The van der Waals surface area contributed by atoms with Crippen molar-refractivity contribution in [1.82, 2.24) is 5.32 Å². The van der Waals surface area contributed by atoms with Gasteiger partial charge in [0.05, 0.1) is 12.9 Å². The lowest BCUT2D eigenvalue weighted by Crippen LogP contribution is -2.22. The van der Waals surface area contributed by atoms with Crippen molar-refractivity contribution in [2.45, 2.75) is 33.1 Å². The van der Waals surface area contributed by atoms with Gasteiger partial charge in [-0.25, -0.2) is 0 Å². The van der Waals surface area contributed by atoms with E-state index in [9.17, 15) is 4.79 Å². The first-order valence-electron chi connectivity index (χ1n) is 7.08. The molecule has 1 aromatic heterocycles. The fourth-order valence-electron chi connectivity index (χ4n) is 2.05. The van der Waals surface area contributed by atoms with E-state index in [0.29, 0.717) is 6.54 Å². The largest absolute Gasteiger partial charge is 0.494 e. The average molecular weight is 275 g/mol. The molecular weight excluding hydrogens is 254 g/mol. The summed E-state index contributed by atoms with van der Waals surface area (Å²) < 4.78 is 11.2. The summed E-state index contributed by atoms with van der Waals surface area (Å²) in [4.78, 5) is 10.9. The highest BCUT2D eigenvalue weighted by molar-refractivity contribution is 5.82. The van der Waals surface area contributed by atoms with Crippen LogP contribution < -0.4 is 10.1 Å². The number of unbranched alkanes of at least 4 members (excludes halogenated alkanes) is 1. The molecule has 108 valence electrons. The third-order valence-electron chi connectivity index (χ3n) is 3.16. The maximum Gasteiger partial charge on any atom is 0.216 e. The van der Waals surface area contributed by atoms with Gasteiger partial charge in [0.15, 0.2) is 0 Å². The maximum atomic E-state index is 10.9. The molecule has 1 heterocycles. The molecule has 2 aromatic rings. The summed E-state index contributed by atoms with van der Waals surface area (Å²) in [5, 5.41) is 3.85. The molecule has 0 aliphatic rings. The first-order valence-corrected chi connectivity index (χ1v) is 7.08. The Bertz CT molecular complexity index is 574. The van der Waals surface area contributed by atoms with Crippen LogP contribution >= 0.6 is 0 Å².